The summed E-state index contributed by atoms with van der Waals surface area (Å²) in [6.45, 7) is 2.24. The van der Waals surface area contributed by atoms with Crippen molar-refractivity contribution in [3.8, 4) is 0 Å². The van der Waals surface area contributed by atoms with E-state index < -0.39 is 5.54 Å². The van der Waals surface area contributed by atoms with Gasteiger partial charge in [0, 0.05) is 18.1 Å². The van der Waals surface area contributed by atoms with E-state index in [1.807, 2.05) is 36.5 Å². The number of rotatable bonds is 5. The molecule has 8 heteroatoms. The number of nitrogens with one attached hydrogen (secondary N) is 2. The van der Waals surface area contributed by atoms with Crippen molar-refractivity contribution in [2.24, 2.45) is 0 Å². The third-order valence-corrected chi connectivity index (χ3v) is 4.82. The Balaban J connectivity index is 1.49. The molecule has 0 spiro atoms. The van der Waals surface area contributed by atoms with Crippen LogP contribution in [0.3, 0.4) is 0 Å². The van der Waals surface area contributed by atoms with E-state index in [1.54, 1.807) is 21.9 Å². The van der Waals surface area contributed by atoms with Crippen LogP contribution in [0.4, 0.5) is 5.69 Å². The van der Waals surface area contributed by atoms with E-state index in [-0.39, 0.29) is 5.91 Å². The highest BCUT2D eigenvalue weighted by Crippen LogP contribution is 2.28. The van der Waals surface area contributed by atoms with E-state index in [9.17, 15) is 4.79 Å². The van der Waals surface area contributed by atoms with E-state index >= 15 is 0 Å². The van der Waals surface area contributed by atoms with Gasteiger partial charge in [0.2, 0.25) is 0 Å². The molecular weight excluding hydrogens is 330 g/mol. The third-order valence-electron chi connectivity index (χ3n) is 4.82. The number of nitrogens with zero attached hydrogens (tertiary/aromatic N) is 5. The maximum Gasteiger partial charge on any atom is 0.252 e. The van der Waals surface area contributed by atoms with E-state index in [0.29, 0.717) is 19.4 Å². The topological polar surface area (TPSA) is 89.7 Å². The molecule has 0 atom stereocenters. The number of hydrogen-bond acceptors (Lipinski definition) is 5. The number of anilines is 1. The van der Waals surface area contributed by atoms with Crippen molar-refractivity contribution >= 4 is 11.6 Å². The fourth-order valence-electron chi connectivity index (χ4n) is 3.36. The first kappa shape index (κ1) is 16.5. The number of carbonyl (C=O) groups excluding carboxylic acids is 1. The van der Waals surface area contributed by atoms with E-state index in [2.05, 4.69) is 25.8 Å². The summed E-state index contributed by atoms with van der Waals surface area (Å²) in [5.41, 5.74) is 1.23. The number of benzene rings is 1. The lowest BCUT2D eigenvalue weighted by Gasteiger charge is -2.36. The van der Waals surface area contributed by atoms with Crippen LogP contribution < -0.4 is 10.6 Å². The fraction of sp³-hybridized carbons (Fsp3) is 0.333. The summed E-state index contributed by atoms with van der Waals surface area (Å²) in [5.74, 6) is -0.0215. The molecular formula is C18H21N7O. The second-order valence-electron chi connectivity index (χ2n) is 6.48. The molecule has 0 bridgehead atoms. The van der Waals surface area contributed by atoms with Gasteiger partial charge in [0.15, 0.2) is 0 Å². The first-order valence-corrected chi connectivity index (χ1v) is 8.70. The minimum Gasteiger partial charge on any atom is -0.324 e. The molecule has 1 amide bonds. The number of piperidine rings is 1. The van der Waals surface area contributed by atoms with Gasteiger partial charge >= 0.3 is 0 Å². The van der Waals surface area contributed by atoms with Gasteiger partial charge in [-0.3, -0.25) is 9.48 Å². The van der Waals surface area contributed by atoms with Gasteiger partial charge in [-0.05, 0) is 49.7 Å². The molecule has 0 radical (unpaired) electrons. The van der Waals surface area contributed by atoms with Gasteiger partial charge in [0.25, 0.3) is 5.91 Å². The molecule has 1 aliphatic rings. The molecule has 2 aromatic heterocycles. The van der Waals surface area contributed by atoms with E-state index in [0.717, 1.165) is 24.3 Å². The predicted molar refractivity (Wildman–Crippen MR) is 96.5 cm³/mol. The lowest BCUT2D eigenvalue weighted by atomic mass is 9.87. The number of hydrogen-bond donors (Lipinski definition) is 2. The van der Waals surface area contributed by atoms with Crippen molar-refractivity contribution in [1.29, 1.82) is 0 Å². The van der Waals surface area contributed by atoms with Gasteiger partial charge in [-0.1, -0.05) is 12.1 Å². The zero-order valence-corrected chi connectivity index (χ0v) is 14.4. The molecule has 2 N–H and O–H groups in total. The minimum atomic E-state index is -0.645. The molecule has 1 aromatic carbocycles. The summed E-state index contributed by atoms with van der Waals surface area (Å²) >= 11 is 0. The number of carbonyl (C=O) groups is 1. The predicted octanol–water partition coefficient (Wildman–Crippen LogP) is 1.24. The summed E-state index contributed by atoms with van der Waals surface area (Å²) in [5, 5.41) is 14.8. The maximum absolute atomic E-state index is 13.1. The minimum absolute atomic E-state index is 0.0215. The Hall–Kier alpha value is -3.00. The highest BCUT2D eigenvalue weighted by Gasteiger charge is 2.41. The molecule has 3 heterocycles. The summed E-state index contributed by atoms with van der Waals surface area (Å²) in [7, 11) is 0. The highest BCUT2D eigenvalue weighted by atomic mass is 16.2. The van der Waals surface area contributed by atoms with Crippen LogP contribution in [-0.4, -0.2) is 43.5 Å². The van der Waals surface area contributed by atoms with Crippen LogP contribution >= 0.6 is 0 Å². The number of aromatic nitrogens is 5. The van der Waals surface area contributed by atoms with E-state index in [1.165, 1.54) is 6.33 Å². The van der Waals surface area contributed by atoms with Crippen LogP contribution in [-0.2, 0) is 16.9 Å². The average molecular weight is 351 g/mol. The molecule has 4 rings (SSSR count). The van der Waals surface area contributed by atoms with Crippen LogP contribution in [0, 0.1) is 0 Å². The van der Waals surface area contributed by atoms with Crippen LogP contribution in [0.25, 0.3) is 0 Å². The van der Waals surface area contributed by atoms with Gasteiger partial charge in [0.05, 0.1) is 6.54 Å². The normalized spacial score (nSPS) is 16.3. The SMILES string of the molecule is O=C(Nc1ccc(Cn2cncn2)cc1)C1(n2cccn2)CCNCC1. The summed E-state index contributed by atoms with van der Waals surface area (Å²) in [6.07, 6.45) is 8.21. The Labute approximate surface area is 151 Å². The Bertz CT molecular complexity index is 834. The van der Waals surface area contributed by atoms with Crippen molar-refractivity contribution in [2.75, 3.05) is 18.4 Å². The lowest BCUT2D eigenvalue weighted by molar-refractivity contribution is -0.126. The van der Waals surface area contributed by atoms with E-state index in [4.69, 9.17) is 0 Å². The quantitative estimate of drug-likeness (QED) is 0.722. The second kappa shape index (κ2) is 7.09. The molecule has 0 unspecified atom stereocenters. The second-order valence-corrected chi connectivity index (χ2v) is 6.48. The van der Waals surface area contributed by atoms with Gasteiger partial charge in [0.1, 0.15) is 18.2 Å². The first-order valence-electron chi connectivity index (χ1n) is 8.70. The third kappa shape index (κ3) is 3.23. The average Bonchev–Trinajstić information content (AvgIpc) is 3.38. The largest absolute Gasteiger partial charge is 0.324 e. The van der Waals surface area contributed by atoms with Gasteiger partial charge in [-0.15, -0.1) is 0 Å². The molecule has 1 fully saturated rings. The molecule has 26 heavy (non-hydrogen) atoms. The molecule has 0 saturated carbocycles. The van der Waals surface area contributed by atoms with Crippen molar-refractivity contribution in [3.05, 3.63) is 60.9 Å². The summed E-state index contributed by atoms with van der Waals surface area (Å²) in [6, 6.07) is 9.67. The monoisotopic (exact) mass is 351 g/mol. The fourth-order valence-corrected chi connectivity index (χ4v) is 3.36. The van der Waals surface area contributed by atoms with Gasteiger partial charge in [-0.2, -0.15) is 10.2 Å². The maximum atomic E-state index is 13.1. The molecule has 0 aliphatic carbocycles. The smallest absolute Gasteiger partial charge is 0.252 e. The highest BCUT2D eigenvalue weighted by molar-refractivity contribution is 5.96. The Kier molecular flexibility index (Phi) is 4.49. The number of amides is 1. The zero-order chi connectivity index (χ0) is 17.8. The van der Waals surface area contributed by atoms with Crippen molar-refractivity contribution < 1.29 is 4.79 Å². The van der Waals surface area contributed by atoms with Gasteiger partial charge < -0.3 is 10.6 Å². The molecule has 1 saturated heterocycles. The summed E-state index contributed by atoms with van der Waals surface area (Å²) < 4.78 is 3.55. The van der Waals surface area contributed by atoms with Crippen molar-refractivity contribution in [1.82, 2.24) is 29.9 Å². The molecule has 1 aliphatic heterocycles. The Morgan fingerprint density at radius 3 is 2.65 bits per heavy atom. The van der Waals surface area contributed by atoms with Crippen molar-refractivity contribution in [2.45, 2.75) is 24.9 Å². The Morgan fingerprint density at radius 2 is 2.00 bits per heavy atom. The van der Waals surface area contributed by atoms with Crippen molar-refractivity contribution in [3.63, 3.8) is 0 Å². The summed E-state index contributed by atoms with van der Waals surface area (Å²) in [4.78, 5) is 17.0. The Morgan fingerprint density at radius 1 is 1.19 bits per heavy atom. The standard InChI is InChI=1S/C18H21N7O/c26-17(18(6-9-19-10-7-18)25-11-1-8-21-25)23-16-4-2-15(3-5-16)12-24-14-20-13-22-24/h1-5,8,11,13-14,19H,6-7,9-10,12H2,(H,23,26). The van der Waals surface area contributed by atoms with Crippen LogP contribution in [0.5, 0.6) is 0 Å². The van der Waals surface area contributed by atoms with Gasteiger partial charge in [-0.25, -0.2) is 9.67 Å². The van der Waals surface area contributed by atoms with Crippen LogP contribution in [0.1, 0.15) is 18.4 Å². The first-order chi connectivity index (χ1) is 12.8. The van der Waals surface area contributed by atoms with Crippen LogP contribution in [0.15, 0.2) is 55.4 Å². The molecule has 3 aromatic rings. The molecule has 8 nitrogen and oxygen atoms in total. The lowest BCUT2D eigenvalue weighted by Crippen LogP contribution is -2.52. The molecule has 134 valence electrons. The van der Waals surface area contributed by atoms with Crippen LogP contribution in [0.2, 0.25) is 0 Å². The zero-order valence-electron chi connectivity index (χ0n) is 14.4.